The summed E-state index contributed by atoms with van der Waals surface area (Å²) in [7, 11) is 0. The Morgan fingerprint density at radius 2 is 2.08 bits per heavy atom. The molecule has 1 heterocycles. The van der Waals surface area contributed by atoms with Gasteiger partial charge in [0.15, 0.2) is 5.82 Å². The van der Waals surface area contributed by atoms with Crippen LogP contribution in [-0.4, -0.2) is 37.6 Å². The molecule has 0 aliphatic carbocycles. The number of hydrogen-bond acceptors (Lipinski definition) is 6. The van der Waals surface area contributed by atoms with Gasteiger partial charge in [-0.05, 0) is 48.0 Å². The minimum Gasteiger partial charge on any atom is -0.352 e. The molecule has 0 aliphatic heterocycles. The van der Waals surface area contributed by atoms with Crippen molar-refractivity contribution in [1.82, 2.24) is 25.5 Å². The van der Waals surface area contributed by atoms with Crippen LogP contribution >= 0.6 is 0 Å². The van der Waals surface area contributed by atoms with Crippen molar-refractivity contribution < 1.29 is 9.72 Å². The second kappa shape index (κ2) is 7.95. The van der Waals surface area contributed by atoms with Gasteiger partial charge in [0.1, 0.15) is 0 Å². The summed E-state index contributed by atoms with van der Waals surface area (Å²) in [5, 5.41) is 24.8. The van der Waals surface area contributed by atoms with Crippen LogP contribution in [0, 0.1) is 10.1 Å². The van der Waals surface area contributed by atoms with Gasteiger partial charge in [0.05, 0.1) is 11.0 Å². The maximum Gasteiger partial charge on any atom is 0.269 e. The Morgan fingerprint density at radius 1 is 1.38 bits per heavy atom. The van der Waals surface area contributed by atoms with E-state index in [9.17, 15) is 14.9 Å². The van der Waals surface area contributed by atoms with Gasteiger partial charge in [0, 0.05) is 31.2 Å². The van der Waals surface area contributed by atoms with Crippen LogP contribution in [-0.2, 0) is 11.2 Å². The average molecular weight is 330 g/mol. The number of hydrogen-bond donors (Lipinski definition) is 1. The fourth-order valence-corrected chi connectivity index (χ4v) is 2.01. The van der Waals surface area contributed by atoms with Crippen molar-refractivity contribution in [3.8, 4) is 0 Å². The Bertz CT molecular complexity index is 736. The maximum atomic E-state index is 11.8. The van der Waals surface area contributed by atoms with Gasteiger partial charge in [-0.3, -0.25) is 14.9 Å². The van der Waals surface area contributed by atoms with Crippen LogP contribution in [0.15, 0.2) is 30.3 Å². The molecule has 0 radical (unpaired) electrons. The molecule has 0 aliphatic rings. The van der Waals surface area contributed by atoms with Gasteiger partial charge in [0.25, 0.3) is 5.69 Å². The summed E-state index contributed by atoms with van der Waals surface area (Å²) >= 11 is 0. The molecular weight excluding hydrogens is 312 g/mol. The van der Waals surface area contributed by atoms with E-state index in [0.717, 1.165) is 0 Å². The average Bonchev–Trinajstić information content (AvgIpc) is 3.02. The van der Waals surface area contributed by atoms with Crippen LogP contribution in [0.3, 0.4) is 0 Å². The Labute approximate surface area is 138 Å². The monoisotopic (exact) mass is 330 g/mol. The summed E-state index contributed by atoms with van der Waals surface area (Å²) in [4.78, 5) is 21.9. The molecule has 0 bridgehead atoms. The molecule has 1 aromatic carbocycles. The molecule has 0 atom stereocenters. The van der Waals surface area contributed by atoms with Crippen LogP contribution in [0.2, 0.25) is 0 Å². The van der Waals surface area contributed by atoms with Crippen molar-refractivity contribution in [2.75, 3.05) is 6.54 Å². The van der Waals surface area contributed by atoms with E-state index in [2.05, 4.69) is 20.8 Å². The van der Waals surface area contributed by atoms with Gasteiger partial charge < -0.3 is 5.32 Å². The molecule has 1 N–H and O–H groups in total. The molecule has 0 unspecified atom stereocenters. The van der Waals surface area contributed by atoms with E-state index in [1.807, 2.05) is 13.8 Å². The summed E-state index contributed by atoms with van der Waals surface area (Å²) < 4.78 is 1.71. The van der Waals surface area contributed by atoms with Crippen molar-refractivity contribution in [3.05, 3.63) is 51.8 Å². The SMILES string of the molecule is CC(C)n1nnnc1CCNC(=O)/C=C/c1ccc([N+](=O)[O-])cc1. The Balaban J connectivity index is 1.82. The highest BCUT2D eigenvalue weighted by molar-refractivity contribution is 5.91. The zero-order valence-electron chi connectivity index (χ0n) is 13.4. The molecule has 0 spiro atoms. The molecule has 2 rings (SSSR count). The lowest BCUT2D eigenvalue weighted by Crippen LogP contribution is -2.25. The number of benzene rings is 1. The number of nitrogens with one attached hydrogen (secondary N) is 1. The zero-order valence-corrected chi connectivity index (χ0v) is 13.4. The number of nitro benzene ring substituents is 1. The van der Waals surface area contributed by atoms with Gasteiger partial charge in [-0.15, -0.1) is 5.10 Å². The number of carbonyl (C=O) groups excluding carboxylic acids is 1. The number of nitro groups is 1. The van der Waals surface area contributed by atoms with Crippen LogP contribution in [0.25, 0.3) is 6.08 Å². The number of carbonyl (C=O) groups is 1. The summed E-state index contributed by atoms with van der Waals surface area (Å²) in [6, 6.07) is 6.11. The van der Waals surface area contributed by atoms with Gasteiger partial charge in [-0.25, -0.2) is 4.68 Å². The lowest BCUT2D eigenvalue weighted by molar-refractivity contribution is -0.384. The van der Waals surface area contributed by atoms with Gasteiger partial charge in [0.2, 0.25) is 5.91 Å². The third-order valence-corrected chi connectivity index (χ3v) is 3.23. The number of amides is 1. The maximum absolute atomic E-state index is 11.8. The van der Waals surface area contributed by atoms with Crippen molar-refractivity contribution >= 4 is 17.7 Å². The Kier molecular flexibility index (Phi) is 5.72. The number of non-ortho nitro benzene ring substituents is 1. The third-order valence-electron chi connectivity index (χ3n) is 3.23. The molecule has 126 valence electrons. The standard InChI is InChI=1S/C15H18N6O3/c1-11(2)20-14(17-18-19-20)9-10-16-15(22)8-5-12-3-6-13(7-4-12)21(23)24/h3-8,11H,9-10H2,1-2H3,(H,16,22)/b8-5+. The normalized spacial score (nSPS) is 11.1. The minimum atomic E-state index is -0.467. The van der Waals surface area contributed by atoms with E-state index in [4.69, 9.17) is 0 Å². The quantitative estimate of drug-likeness (QED) is 0.467. The summed E-state index contributed by atoms with van der Waals surface area (Å²) in [6.07, 6.45) is 3.51. The Morgan fingerprint density at radius 3 is 2.71 bits per heavy atom. The topological polar surface area (TPSA) is 116 Å². The fourth-order valence-electron chi connectivity index (χ4n) is 2.01. The summed E-state index contributed by atoms with van der Waals surface area (Å²) in [6.45, 7) is 4.37. The first-order valence-electron chi connectivity index (χ1n) is 7.44. The molecule has 0 fully saturated rings. The fraction of sp³-hybridized carbons (Fsp3) is 0.333. The van der Waals surface area contributed by atoms with Crippen LogP contribution in [0.4, 0.5) is 5.69 Å². The molecule has 2 aromatic rings. The van der Waals surface area contributed by atoms with Crippen molar-refractivity contribution in [1.29, 1.82) is 0 Å². The second-order valence-corrected chi connectivity index (χ2v) is 5.36. The Hall–Kier alpha value is -3.10. The summed E-state index contributed by atoms with van der Waals surface area (Å²) in [5.41, 5.74) is 0.721. The molecule has 1 amide bonds. The predicted octanol–water partition coefficient (Wildman–Crippen LogP) is 1.53. The smallest absolute Gasteiger partial charge is 0.269 e. The lowest BCUT2D eigenvalue weighted by Gasteiger charge is -2.07. The largest absolute Gasteiger partial charge is 0.352 e. The number of tetrazole rings is 1. The van der Waals surface area contributed by atoms with Crippen molar-refractivity contribution in [3.63, 3.8) is 0 Å². The first kappa shape index (κ1) is 17.3. The predicted molar refractivity (Wildman–Crippen MR) is 87.0 cm³/mol. The molecular formula is C15H18N6O3. The van der Waals surface area contributed by atoms with Gasteiger partial charge in [-0.2, -0.15) is 0 Å². The summed E-state index contributed by atoms with van der Waals surface area (Å²) in [5.74, 6) is 0.460. The van der Waals surface area contributed by atoms with Crippen molar-refractivity contribution in [2.45, 2.75) is 26.3 Å². The molecule has 24 heavy (non-hydrogen) atoms. The molecule has 0 saturated heterocycles. The van der Waals surface area contributed by atoms with Crippen LogP contribution in [0.1, 0.15) is 31.3 Å². The highest BCUT2D eigenvalue weighted by atomic mass is 16.6. The minimum absolute atomic E-state index is 0.0134. The van der Waals surface area contributed by atoms with E-state index in [1.54, 1.807) is 22.9 Å². The highest BCUT2D eigenvalue weighted by Crippen LogP contribution is 2.12. The van der Waals surface area contributed by atoms with Crippen LogP contribution < -0.4 is 5.32 Å². The number of nitrogens with zero attached hydrogens (tertiary/aromatic N) is 5. The molecule has 9 nitrogen and oxygen atoms in total. The van der Waals surface area contributed by atoms with E-state index >= 15 is 0 Å². The van der Waals surface area contributed by atoms with Gasteiger partial charge >= 0.3 is 0 Å². The lowest BCUT2D eigenvalue weighted by atomic mass is 10.2. The van der Waals surface area contributed by atoms with E-state index in [1.165, 1.54) is 18.2 Å². The zero-order chi connectivity index (χ0) is 17.5. The van der Waals surface area contributed by atoms with Crippen molar-refractivity contribution in [2.24, 2.45) is 0 Å². The third kappa shape index (κ3) is 4.70. The highest BCUT2D eigenvalue weighted by Gasteiger charge is 2.08. The first-order valence-corrected chi connectivity index (χ1v) is 7.44. The molecule has 0 saturated carbocycles. The molecule has 9 heteroatoms. The molecule has 1 aromatic heterocycles. The number of aromatic nitrogens is 4. The van der Waals surface area contributed by atoms with E-state index in [-0.39, 0.29) is 17.6 Å². The van der Waals surface area contributed by atoms with E-state index < -0.39 is 4.92 Å². The second-order valence-electron chi connectivity index (χ2n) is 5.36. The van der Waals surface area contributed by atoms with Gasteiger partial charge in [-0.1, -0.05) is 0 Å². The van der Waals surface area contributed by atoms with Crippen LogP contribution in [0.5, 0.6) is 0 Å². The van der Waals surface area contributed by atoms with E-state index in [0.29, 0.717) is 24.4 Å². The first-order chi connectivity index (χ1) is 11.5. The number of rotatable bonds is 7.